The second-order valence-corrected chi connectivity index (χ2v) is 6.16. The predicted molar refractivity (Wildman–Crippen MR) is 78.3 cm³/mol. The first-order chi connectivity index (χ1) is 8.58. The fourth-order valence-electron chi connectivity index (χ4n) is 2.25. The molecule has 0 spiro atoms. The second-order valence-electron chi connectivity index (χ2n) is 5.37. The van der Waals surface area contributed by atoms with Crippen LogP contribution in [0.1, 0.15) is 40.7 Å². The van der Waals surface area contributed by atoms with E-state index in [1.54, 1.807) is 0 Å². The van der Waals surface area contributed by atoms with Crippen LogP contribution in [0.25, 0.3) is 0 Å². The molecule has 0 atom stereocenters. The minimum Gasteiger partial charge on any atom is -0.351 e. The fraction of sp³-hybridized carbons (Fsp3) is 0.533. The van der Waals surface area contributed by atoms with Crippen LogP contribution in [0.15, 0.2) is 18.2 Å². The predicted octanol–water partition coefficient (Wildman–Crippen LogP) is 3.60. The van der Waals surface area contributed by atoms with E-state index in [1.165, 1.54) is 18.4 Å². The Morgan fingerprint density at radius 3 is 2.72 bits per heavy atom. The molecule has 3 heteroatoms. The zero-order valence-electron chi connectivity index (χ0n) is 11.1. The van der Waals surface area contributed by atoms with Crippen LogP contribution in [0.5, 0.6) is 0 Å². The van der Waals surface area contributed by atoms with Crippen LogP contribution in [0.2, 0.25) is 0 Å². The molecule has 18 heavy (non-hydrogen) atoms. The van der Waals surface area contributed by atoms with Crippen LogP contribution >= 0.6 is 15.9 Å². The van der Waals surface area contributed by atoms with Gasteiger partial charge in [0, 0.05) is 17.4 Å². The summed E-state index contributed by atoms with van der Waals surface area (Å²) in [5, 5.41) is 4.11. The normalized spacial score (nSPS) is 16.4. The van der Waals surface area contributed by atoms with Gasteiger partial charge in [-0.15, -0.1) is 0 Å². The highest BCUT2D eigenvalue weighted by Crippen LogP contribution is 2.48. The maximum Gasteiger partial charge on any atom is 0.251 e. The van der Waals surface area contributed by atoms with Crippen LogP contribution in [0.4, 0.5) is 0 Å². The lowest BCUT2D eigenvalue weighted by Gasteiger charge is -2.15. The number of benzene rings is 1. The van der Waals surface area contributed by atoms with Crippen molar-refractivity contribution in [2.75, 3.05) is 11.9 Å². The smallest absolute Gasteiger partial charge is 0.251 e. The number of carbonyl (C=O) groups excluding carboxylic acids is 1. The summed E-state index contributed by atoms with van der Waals surface area (Å²) >= 11 is 3.49. The van der Waals surface area contributed by atoms with Crippen molar-refractivity contribution in [3.05, 3.63) is 34.9 Å². The summed E-state index contributed by atoms with van der Waals surface area (Å²) in [4.78, 5) is 12.2. The van der Waals surface area contributed by atoms with Gasteiger partial charge >= 0.3 is 0 Å². The Hall–Kier alpha value is -0.830. The van der Waals surface area contributed by atoms with Gasteiger partial charge in [0.1, 0.15) is 0 Å². The molecule has 1 aliphatic rings. The molecule has 1 saturated carbocycles. The van der Waals surface area contributed by atoms with Gasteiger partial charge in [-0.2, -0.15) is 0 Å². The van der Waals surface area contributed by atoms with Crippen molar-refractivity contribution in [1.82, 2.24) is 5.32 Å². The van der Waals surface area contributed by atoms with E-state index in [4.69, 9.17) is 0 Å². The zero-order chi connectivity index (χ0) is 13.2. The van der Waals surface area contributed by atoms with Crippen LogP contribution < -0.4 is 5.32 Å². The maximum atomic E-state index is 12.2. The van der Waals surface area contributed by atoms with Crippen LogP contribution in [-0.4, -0.2) is 17.8 Å². The highest BCUT2D eigenvalue weighted by Gasteiger charge is 2.41. The van der Waals surface area contributed by atoms with E-state index in [-0.39, 0.29) is 5.91 Å². The van der Waals surface area contributed by atoms with E-state index >= 15 is 0 Å². The van der Waals surface area contributed by atoms with Gasteiger partial charge in [-0.25, -0.2) is 0 Å². The van der Waals surface area contributed by atoms with Crippen molar-refractivity contribution in [3.8, 4) is 0 Å². The Labute approximate surface area is 117 Å². The highest BCUT2D eigenvalue weighted by atomic mass is 79.9. The average molecular weight is 310 g/mol. The Balaban J connectivity index is 1.98. The number of carbonyl (C=O) groups is 1. The molecule has 1 aromatic rings. The van der Waals surface area contributed by atoms with E-state index in [2.05, 4.69) is 21.2 Å². The molecule has 0 heterocycles. The summed E-state index contributed by atoms with van der Waals surface area (Å²) in [6.07, 6.45) is 3.64. The van der Waals surface area contributed by atoms with E-state index in [1.807, 2.05) is 32.0 Å². The van der Waals surface area contributed by atoms with Gasteiger partial charge in [0.15, 0.2) is 0 Å². The Bertz CT molecular complexity index is 452. The second kappa shape index (κ2) is 5.43. The lowest BCUT2D eigenvalue weighted by Crippen LogP contribution is -2.31. The minimum atomic E-state index is 0.0667. The topological polar surface area (TPSA) is 29.1 Å². The van der Waals surface area contributed by atoms with Crippen molar-refractivity contribution in [1.29, 1.82) is 0 Å². The van der Waals surface area contributed by atoms with Crippen molar-refractivity contribution in [2.24, 2.45) is 5.41 Å². The van der Waals surface area contributed by atoms with Gasteiger partial charge in [0.05, 0.1) is 0 Å². The van der Waals surface area contributed by atoms with Gasteiger partial charge in [0.2, 0.25) is 0 Å². The number of amides is 1. The molecule has 2 rings (SSSR count). The number of hydrogen-bond acceptors (Lipinski definition) is 1. The molecular weight excluding hydrogens is 290 g/mol. The van der Waals surface area contributed by atoms with Crippen molar-refractivity contribution in [3.63, 3.8) is 0 Å². The molecular formula is C15H20BrNO. The van der Waals surface area contributed by atoms with Gasteiger partial charge in [-0.1, -0.05) is 28.1 Å². The number of alkyl halides is 1. The highest BCUT2D eigenvalue weighted by molar-refractivity contribution is 9.09. The Morgan fingerprint density at radius 1 is 1.39 bits per heavy atom. The molecule has 0 aliphatic heterocycles. The first-order valence-electron chi connectivity index (χ1n) is 6.48. The molecule has 1 fully saturated rings. The third-order valence-corrected chi connectivity index (χ3v) is 4.45. The standard InChI is InChI=1S/C15H20BrNO/c1-11-4-3-5-13(12(11)2)14(18)17-10-15(6-7-15)8-9-16/h3-5H,6-10H2,1-2H3,(H,17,18). The number of halogens is 1. The molecule has 0 bridgehead atoms. The SMILES string of the molecule is Cc1cccc(C(=O)NCC2(CCBr)CC2)c1C. The molecule has 0 unspecified atom stereocenters. The molecule has 1 amide bonds. The molecule has 0 aromatic heterocycles. The summed E-state index contributed by atoms with van der Waals surface area (Å²) in [6, 6.07) is 5.89. The van der Waals surface area contributed by atoms with Gasteiger partial charge in [-0.05, 0) is 55.7 Å². The summed E-state index contributed by atoms with van der Waals surface area (Å²) in [5.74, 6) is 0.0667. The van der Waals surface area contributed by atoms with Gasteiger partial charge in [-0.3, -0.25) is 4.79 Å². The summed E-state index contributed by atoms with van der Waals surface area (Å²) in [7, 11) is 0. The largest absolute Gasteiger partial charge is 0.351 e. The molecule has 0 radical (unpaired) electrons. The third kappa shape index (κ3) is 2.94. The molecule has 1 N–H and O–H groups in total. The lowest BCUT2D eigenvalue weighted by atomic mass is 10.0. The quantitative estimate of drug-likeness (QED) is 0.827. The molecule has 0 saturated heterocycles. The van der Waals surface area contributed by atoms with Crippen LogP contribution in [-0.2, 0) is 0 Å². The van der Waals surface area contributed by atoms with Gasteiger partial charge < -0.3 is 5.32 Å². The summed E-state index contributed by atoms with van der Waals surface area (Å²) in [5.41, 5.74) is 3.44. The van der Waals surface area contributed by atoms with E-state index in [9.17, 15) is 4.79 Å². The number of nitrogens with one attached hydrogen (secondary N) is 1. The molecule has 98 valence electrons. The minimum absolute atomic E-state index is 0.0667. The van der Waals surface area contributed by atoms with E-state index < -0.39 is 0 Å². The van der Waals surface area contributed by atoms with Crippen LogP contribution in [0, 0.1) is 19.3 Å². The molecule has 2 nitrogen and oxygen atoms in total. The first-order valence-corrected chi connectivity index (χ1v) is 7.60. The lowest BCUT2D eigenvalue weighted by molar-refractivity contribution is 0.0944. The Morgan fingerprint density at radius 2 is 2.11 bits per heavy atom. The average Bonchev–Trinajstić information content (AvgIpc) is 3.11. The monoisotopic (exact) mass is 309 g/mol. The number of aryl methyl sites for hydroxylation is 1. The van der Waals surface area contributed by atoms with E-state index in [0.29, 0.717) is 5.41 Å². The maximum absolute atomic E-state index is 12.2. The van der Waals surface area contributed by atoms with Crippen molar-refractivity contribution >= 4 is 21.8 Å². The fourth-order valence-corrected chi connectivity index (χ4v) is 3.09. The summed E-state index contributed by atoms with van der Waals surface area (Å²) < 4.78 is 0. The Kier molecular flexibility index (Phi) is 4.10. The molecule has 1 aliphatic carbocycles. The van der Waals surface area contributed by atoms with Crippen LogP contribution in [0.3, 0.4) is 0 Å². The third-order valence-electron chi connectivity index (χ3n) is 4.06. The first kappa shape index (κ1) is 13.6. The zero-order valence-corrected chi connectivity index (χ0v) is 12.6. The van der Waals surface area contributed by atoms with Gasteiger partial charge in [0.25, 0.3) is 5.91 Å². The van der Waals surface area contributed by atoms with Crippen molar-refractivity contribution in [2.45, 2.75) is 33.1 Å². The summed E-state index contributed by atoms with van der Waals surface area (Å²) in [6.45, 7) is 4.86. The van der Waals surface area contributed by atoms with Crippen molar-refractivity contribution < 1.29 is 4.79 Å². The van der Waals surface area contributed by atoms with E-state index in [0.717, 1.165) is 29.4 Å². The molecule has 1 aromatic carbocycles. The number of rotatable bonds is 5. The number of hydrogen-bond donors (Lipinski definition) is 1.